The van der Waals surface area contributed by atoms with Crippen molar-refractivity contribution in [3.8, 4) is 0 Å². The molecule has 0 aromatic heterocycles. The van der Waals surface area contributed by atoms with E-state index in [4.69, 9.17) is 5.11 Å². The van der Waals surface area contributed by atoms with E-state index in [1.165, 1.54) is 12.1 Å². The van der Waals surface area contributed by atoms with Crippen LogP contribution in [0.2, 0.25) is 0 Å². The summed E-state index contributed by atoms with van der Waals surface area (Å²) in [5.41, 5.74) is 1.03. The van der Waals surface area contributed by atoms with Gasteiger partial charge in [0, 0.05) is 18.2 Å². The Morgan fingerprint density at radius 1 is 1.47 bits per heavy atom. The van der Waals surface area contributed by atoms with Crippen molar-refractivity contribution >= 4 is 5.91 Å². The lowest BCUT2D eigenvalue weighted by atomic mass is 10.1. The van der Waals surface area contributed by atoms with E-state index in [0.29, 0.717) is 17.5 Å². The molecule has 17 heavy (non-hydrogen) atoms. The summed E-state index contributed by atoms with van der Waals surface area (Å²) in [6, 6.07) is 4.16. The minimum atomic E-state index is -0.412. The first-order valence-electron chi connectivity index (χ1n) is 5.75. The average Bonchev–Trinajstić information content (AvgIpc) is 2.27. The number of benzene rings is 1. The molecule has 4 heteroatoms. The van der Waals surface area contributed by atoms with Crippen molar-refractivity contribution in [1.29, 1.82) is 0 Å². The maximum Gasteiger partial charge on any atom is 0.251 e. The molecule has 1 atom stereocenters. The van der Waals surface area contributed by atoms with Gasteiger partial charge in [-0.25, -0.2) is 4.39 Å². The van der Waals surface area contributed by atoms with E-state index in [-0.39, 0.29) is 18.6 Å². The quantitative estimate of drug-likeness (QED) is 0.826. The zero-order valence-electron chi connectivity index (χ0n) is 10.2. The van der Waals surface area contributed by atoms with E-state index in [0.717, 1.165) is 6.42 Å². The molecule has 0 spiro atoms. The third-order valence-electron chi connectivity index (χ3n) is 2.61. The number of rotatable bonds is 5. The lowest BCUT2D eigenvalue weighted by Crippen LogP contribution is -2.35. The first-order valence-corrected chi connectivity index (χ1v) is 5.75. The van der Waals surface area contributed by atoms with Crippen LogP contribution in [0.4, 0.5) is 4.39 Å². The Morgan fingerprint density at radius 3 is 2.71 bits per heavy atom. The summed E-state index contributed by atoms with van der Waals surface area (Å²) in [6.45, 7) is 3.70. The Balaban J connectivity index is 2.75. The second-order valence-corrected chi connectivity index (χ2v) is 4.11. The van der Waals surface area contributed by atoms with Gasteiger partial charge in [0.2, 0.25) is 0 Å². The van der Waals surface area contributed by atoms with Gasteiger partial charge in [0.15, 0.2) is 0 Å². The number of carbonyl (C=O) groups excluding carboxylic acids is 1. The highest BCUT2D eigenvalue weighted by Crippen LogP contribution is 2.09. The van der Waals surface area contributed by atoms with Gasteiger partial charge in [-0.1, -0.05) is 6.92 Å². The minimum Gasteiger partial charge on any atom is -0.396 e. The fourth-order valence-corrected chi connectivity index (χ4v) is 1.67. The molecule has 0 fully saturated rings. The fraction of sp³-hybridized carbons (Fsp3) is 0.462. The molecule has 0 aliphatic carbocycles. The van der Waals surface area contributed by atoms with Crippen molar-refractivity contribution in [2.24, 2.45) is 0 Å². The van der Waals surface area contributed by atoms with E-state index < -0.39 is 5.82 Å². The highest BCUT2D eigenvalue weighted by Gasteiger charge is 2.12. The third kappa shape index (κ3) is 4.15. The Kier molecular flexibility index (Phi) is 5.10. The van der Waals surface area contributed by atoms with Crippen molar-refractivity contribution < 1.29 is 14.3 Å². The maximum atomic E-state index is 13.1. The summed E-state index contributed by atoms with van der Waals surface area (Å²) >= 11 is 0. The molecule has 1 aromatic rings. The standard InChI is InChI=1S/C13H18FNO2/c1-3-12(4-5-16)15-13(17)10-6-9(2)7-11(14)8-10/h6-8,12,16H,3-5H2,1-2H3,(H,15,17). The Morgan fingerprint density at radius 2 is 2.18 bits per heavy atom. The van der Waals surface area contributed by atoms with Gasteiger partial charge >= 0.3 is 0 Å². The summed E-state index contributed by atoms with van der Waals surface area (Å²) in [7, 11) is 0. The number of aliphatic hydroxyl groups is 1. The van der Waals surface area contributed by atoms with Crippen molar-refractivity contribution in [2.75, 3.05) is 6.61 Å². The number of amides is 1. The largest absolute Gasteiger partial charge is 0.396 e. The molecule has 1 rings (SSSR count). The van der Waals surface area contributed by atoms with Gasteiger partial charge in [0.1, 0.15) is 5.82 Å². The zero-order valence-corrected chi connectivity index (χ0v) is 10.2. The monoisotopic (exact) mass is 239 g/mol. The van der Waals surface area contributed by atoms with Crippen LogP contribution in [0.1, 0.15) is 35.7 Å². The molecule has 0 aliphatic rings. The van der Waals surface area contributed by atoms with E-state index in [1.807, 2.05) is 6.92 Å². The molecule has 0 bridgehead atoms. The fourth-order valence-electron chi connectivity index (χ4n) is 1.67. The number of carbonyl (C=O) groups is 1. The third-order valence-corrected chi connectivity index (χ3v) is 2.61. The van der Waals surface area contributed by atoms with Crippen LogP contribution in [0.3, 0.4) is 0 Å². The van der Waals surface area contributed by atoms with Gasteiger partial charge in [0.25, 0.3) is 5.91 Å². The molecule has 3 nitrogen and oxygen atoms in total. The SMILES string of the molecule is CCC(CCO)NC(=O)c1cc(C)cc(F)c1. The molecular formula is C13H18FNO2. The van der Waals surface area contributed by atoms with E-state index >= 15 is 0 Å². The van der Waals surface area contributed by atoms with Crippen LogP contribution >= 0.6 is 0 Å². The van der Waals surface area contributed by atoms with Gasteiger partial charge in [-0.15, -0.1) is 0 Å². The van der Waals surface area contributed by atoms with Crippen LogP contribution in [0.15, 0.2) is 18.2 Å². The number of halogens is 1. The van der Waals surface area contributed by atoms with Crippen LogP contribution < -0.4 is 5.32 Å². The van der Waals surface area contributed by atoms with Crippen molar-refractivity contribution in [2.45, 2.75) is 32.7 Å². The number of hydrogen-bond donors (Lipinski definition) is 2. The predicted octanol–water partition coefficient (Wildman–Crippen LogP) is 2.02. The maximum absolute atomic E-state index is 13.1. The molecule has 0 saturated heterocycles. The Hall–Kier alpha value is -1.42. The van der Waals surface area contributed by atoms with E-state index in [9.17, 15) is 9.18 Å². The number of hydrogen-bond acceptors (Lipinski definition) is 2. The van der Waals surface area contributed by atoms with Gasteiger partial charge in [-0.2, -0.15) is 0 Å². The van der Waals surface area contributed by atoms with Crippen LogP contribution in [0.25, 0.3) is 0 Å². The smallest absolute Gasteiger partial charge is 0.251 e. The van der Waals surface area contributed by atoms with Gasteiger partial charge in [-0.3, -0.25) is 4.79 Å². The summed E-state index contributed by atoms with van der Waals surface area (Å²) in [6.07, 6.45) is 1.25. The van der Waals surface area contributed by atoms with Crippen LogP contribution in [-0.2, 0) is 0 Å². The highest BCUT2D eigenvalue weighted by molar-refractivity contribution is 5.94. The molecule has 0 radical (unpaired) electrons. The van der Waals surface area contributed by atoms with Gasteiger partial charge in [-0.05, 0) is 43.5 Å². The van der Waals surface area contributed by atoms with E-state index in [1.54, 1.807) is 13.0 Å². The summed E-state index contributed by atoms with van der Waals surface area (Å²) < 4.78 is 13.1. The Labute approximate surface area is 101 Å². The minimum absolute atomic E-state index is 0.0287. The summed E-state index contributed by atoms with van der Waals surface area (Å²) in [4.78, 5) is 11.8. The number of aryl methyl sites for hydroxylation is 1. The number of aliphatic hydroxyl groups excluding tert-OH is 1. The van der Waals surface area contributed by atoms with Crippen LogP contribution in [0.5, 0.6) is 0 Å². The molecule has 1 amide bonds. The lowest BCUT2D eigenvalue weighted by Gasteiger charge is -2.15. The first-order chi connectivity index (χ1) is 8.06. The van der Waals surface area contributed by atoms with Crippen LogP contribution in [0, 0.1) is 12.7 Å². The molecule has 0 heterocycles. The zero-order chi connectivity index (χ0) is 12.8. The topological polar surface area (TPSA) is 49.3 Å². The van der Waals surface area contributed by atoms with E-state index in [2.05, 4.69) is 5.32 Å². The second kappa shape index (κ2) is 6.35. The lowest BCUT2D eigenvalue weighted by molar-refractivity contribution is 0.0928. The molecule has 0 saturated carbocycles. The Bertz CT molecular complexity index is 373. The van der Waals surface area contributed by atoms with Gasteiger partial charge < -0.3 is 10.4 Å². The second-order valence-electron chi connectivity index (χ2n) is 4.11. The highest BCUT2D eigenvalue weighted by atomic mass is 19.1. The molecule has 1 aromatic carbocycles. The molecule has 1 unspecified atom stereocenters. The summed E-state index contributed by atoms with van der Waals surface area (Å²) in [5.74, 6) is -0.710. The molecular weight excluding hydrogens is 221 g/mol. The van der Waals surface area contributed by atoms with Crippen molar-refractivity contribution in [1.82, 2.24) is 5.32 Å². The number of nitrogens with one attached hydrogen (secondary N) is 1. The molecule has 2 N–H and O–H groups in total. The average molecular weight is 239 g/mol. The first kappa shape index (κ1) is 13.6. The normalized spacial score (nSPS) is 12.2. The van der Waals surface area contributed by atoms with Crippen molar-refractivity contribution in [3.05, 3.63) is 35.1 Å². The van der Waals surface area contributed by atoms with Gasteiger partial charge in [0.05, 0.1) is 0 Å². The molecule has 94 valence electrons. The predicted molar refractivity (Wildman–Crippen MR) is 64.4 cm³/mol. The van der Waals surface area contributed by atoms with Crippen LogP contribution in [-0.4, -0.2) is 23.7 Å². The van der Waals surface area contributed by atoms with Crippen molar-refractivity contribution in [3.63, 3.8) is 0 Å². The summed E-state index contributed by atoms with van der Waals surface area (Å²) in [5, 5.41) is 11.6. The molecule has 0 aliphatic heterocycles.